The van der Waals surface area contributed by atoms with E-state index in [4.69, 9.17) is 14.6 Å². The minimum absolute atomic E-state index is 0.0299. The largest absolute Gasteiger partial charge is 0.490 e. The van der Waals surface area contributed by atoms with Gasteiger partial charge in [-0.05, 0) is 37.1 Å². The van der Waals surface area contributed by atoms with E-state index in [1.807, 2.05) is 0 Å². The average molecular weight is 290 g/mol. The molecule has 1 aromatic rings. The second-order valence-electron chi connectivity index (χ2n) is 6.15. The van der Waals surface area contributed by atoms with Crippen LogP contribution >= 0.6 is 0 Å². The van der Waals surface area contributed by atoms with E-state index in [2.05, 4.69) is 0 Å². The predicted octanol–water partition coefficient (Wildman–Crippen LogP) is 3.65. The number of hydrogen-bond acceptors (Lipinski definition) is 3. The molecule has 1 aliphatic carbocycles. The minimum atomic E-state index is -0.909. The maximum Gasteiger partial charge on any atom is 0.335 e. The third kappa shape index (κ3) is 3.38. The Morgan fingerprint density at radius 2 is 1.90 bits per heavy atom. The number of ether oxygens (including phenoxy) is 2. The lowest BCUT2D eigenvalue weighted by Gasteiger charge is -2.43. The monoisotopic (exact) mass is 290 g/mol. The van der Waals surface area contributed by atoms with Crippen LogP contribution in [-0.2, 0) is 4.74 Å². The highest BCUT2D eigenvalue weighted by molar-refractivity contribution is 5.87. The van der Waals surface area contributed by atoms with Crippen LogP contribution in [0.15, 0.2) is 24.3 Å². The van der Waals surface area contributed by atoms with Gasteiger partial charge < -0.3 is 14.6 Å². The van der Waals surface area contributed by atoms with Crippen LogP contribution in [0.4, 0.5) is 0 Å². The number of carboxylic acid groups (broad SMARTS) is 1. The summed E-state index contributed by atoms with van der Waals surface area (Å²) in [5.41, 5.74) is 0.320. The van der Waals surface area contributed by atoms with Crippen molar-refractivity contribution in [1.82, 2.24) is 0 Å². The van der Waals surface area contributed by atoms with Gasteiger partial charge >= 0.3 is 5.97 Å². The van der Waals surface area contributed by atoms with Crippen molar-refractivity contribution >= 4 is 5.97 Å². The van der Waals surface area contributed by atoms with Crippen LogP contribution in [0, 0.1) is 0 Å². The fourth-order valence-electron chi connectivity index (χ4n) is 3.50. The molecule has 0 amide bonds. The quantitative estimate of drug-likeness (QED) is 0.923. The highest BCUT2D eigenvalue weighted by atomic mass is 16.5. The van der Waals surface area contributed by atoms with Crippen molar-refractivity contribution < 1.29 is 19.4 Å². The molecule has 2 aliphatic rings. The topological polar surface area (TPSA) is 55.8 Å². The summed E-state index contributed by atoms with van der Waals surface area (Å²) in [5, 5.41) is 8.91. The molecule has 2 fully saturated rings. The second kappa shape index (κ2) is 6.06. The summed E-state index contributed by atoms with van der Waals surface area (Å²) in [6.45, 7) is 0.762. The molecular formula is C17H22O4. The van der Waals surface area contributed by atoms with Crippen LogP contribution in [0.2, 0.25) is 0 Å². The first-order valence-electron chi connectivity index (χ1n) is 7.81. The summed E-state index contributed by atoms with van der Waals surface area (Å²) >= 11 is 0. The zero-order chi connectivity index (χ0) is 14.7. The second-order valence-corrected chi connectivity index (χ2v) is 6.15. The molecule has 0 bridgehead atoms. The number of carboxylic acids is 1. The molecule has 114 valence electrons. The van der Waals surface area contributed by atoms with E-state index < -0.39 is 5.97 Å². The van der Waals surface area contributed by atoms with Crippen LogP contribution in [0.3, 0.4) is 0 Å². The van der Waals surface area contributed by atoms with Crippen molar-refractivity contribution in [2.45, 2.75) is 56.7 Å². The first kappa shape index (κ1) is 14.4. The fraction of sp³-hybridized carbons (Fsp3) is 0.588. The van der Waals surface area contributed by atoms with Gasteiger partial charge in [0.2, 0.25) is 0 Å². The van der Waals surface area contributed by atoms with Gasteiger partial charge in [-0.15, -0.1) is 0 Å². The summed E-state index contributed by atoms with van der Waals surface area (Å²) in [6, 6.07) is 6.67. The van der Waals surface area contributed by atoms with E-state index in [9.17, 15) is 4.79 Å². The maximum atomic E-state index is 10.8. The van der Waals surface area contributed by atoms with Gasteiger partial charge in [0.1, 0.15) is 11.9 Å². The molecule has 1 heterocycles. The zero-order valence-electron chi connectivity index (χ0n) is 12.2. The SMILES string of the molecule is O=C(O)c1ccc(OC2CCOC3(CCCCC3)C2)cc1. The van der Waals surface area contributed by atoms with Crippen LogP contribution in [0.1, 0.15) is 55.3 Å². The third-order valence-corrected chi connectivity index (χ3v) is 4.62. The van der Waals surface area contributed by atoms with Gasteiger partial charge in [0.05, 0.1) is 17.8 Å². The minimum Gasteiger partial charge on any atom is -0.490 e. The molecule has 4 nitrogen and oxygen atoms in total. The summed E-state index contributed by atoms with van der Waals surface area (Å²) in [7, 11) is 0. The molecule has 0 radical (unpaired) electrons. The van der Waals surface area contributed by atoms with E-state index in [0.29, 0.717) is 0 Å². The Kier molecular flexibility index (Phi) is 4.15. The maximum absolute atomic E-state index is 10.8. The average Bonchev–Trinajstić information content (AvgIpc) is 2.49. The molecule has 0 aromatic heterocycles. The van der Waals surface area contributed by atoms with Crippen LogP contribution in [0.5, 0.6) is 5.75 Å². The Morgan fingerprint density at radius 3 is 2.57 bits per heavy atom. The summed E-state index contributed by atoms with van der Waals surface area (Å²) in [5.74, 6) is -0.161. The number of hydrogen-bond donors (Lipinski definition) is 1. The van der Waals surface area contributed by atoms with Crippen molar-refractivity contribution in [1.29, 1.82) is 0 Å². The van der Waals surface area contributed by atoms with Crippen LogP contribution in [-0.4, -0.2) is 29.4 Å². The molecule has 1 saturated carbocycles. The zero-order valence-corrected chi connectivity index (χ0v) is 12.2. The van der Waals surface area contributed by atoms with E-state index in [0.717, 1.165) is 38.0 Å². The molecule has 21 heavy (non-hydrogen) atoms. The van der Waals surface area contributed by atoms with Gasteiger partial charge in [-0.2, -0.15) is 0 Å². The van der Waals surface area contributed by atoms with Crippen molar-refractivity contribution in [3.63, 3.8) is 0 Å². The Bertz CT molecular complexity index is 483. The van der Waals surface area contributed by atoms with Crippen LogP contribution in [0.25, 0.3) is 0 Å². The summed E-state index contributed by atoms with van der Waals surface area (Å²) in [6.07, 6.45) is 8.13. The molecule has 1 N–H and O–H groups in total. The lowest BCUT2D eigenvalue weighted by atomic mass is 9.79. The lowest BCUT2D eigenvalue weighted by Crippen LogP contribution is -2.45. The highest BCUT2D eigenvalue weighted by Crippen LogP contribution is 2.39. The van der Waals surface area contributed by atoms with E-state index in [-0.39, 0.29) is 17.3 Å². The molecule has 3 rings (SSSR count). The predicted molar refractivity (Wildman–Crippen MR) is 78.8 cm³/mol. The number of carbonyl (C=O) groups is 1. The molecule has 1 saturated heterocycles. The molecule has 1 aromatic carbocycles. The molecule has 4 heteroatoms. The fourth-order valence-corrected chi connectivity index (χ4v) is 3.50. The van der Waals surface area contributed by atoms with Crippen molar-refractivity contribution in [2.24, 2.45) is 0 Å². The number of aromatic carboxylic acids is 1. The van der Waals surface area contributed by atoms with Crippen LogP contribution < -0.4 is 4.74 Å². The highest BCUT2D eigenvalue weighted by Gasteiger charge is 2.39. The first-order valence-corrected chi connectivity index (χ1v) is 7.81. The Hall–Kier alpha value is -1.55. The summed E-state index contributed by atoms with van der Waals surface area (Å²) < 4.78 is 12.1. The Morgan fingerprint density at radius 1 is 1.19 bits per heavy atom. The van der Waals surface area contributed by atoms with Crippen molar-refractivity contribution in [2.75, 3.05) is 6.61 Å². The Labute approximate surface area is 125 Å². The lowest BCUT2D eigenvalue weighted by molar-refractivity contribution is -0.129. The van der Waals surface area contributed by atoms with E-state index >= 15 is 0 Å². The normalized spacial score (nSPS) is 24.7. The Balaban J connectivity index is 1.62. The van der Waals surface area contributed by atoms with Gasteiger partial charge in [0.25, 0.3) is 0 Å². The third-order valence-electron chi connectivity index (χ3n) is 4.62. The van der Waals surface area contributed by atoms with E-state index in [1.54, 1.807) is 24.3 Å². The van der Waals surface area contributed by atoms with Crippen molar-refractivity contribution in [3.05, 3.63) is 29.8 Å². The van der Waals surface area contributed by atoms with Gasteiger partial charge in [-0.25, -0.2) is 4.79 Å². The first-order chi connectivity index (χ1) is 10.2. The molecule has 1 unspecified atom stereocenters. The van der Waals surface area contributed by atoms with Gasteiger partial charge in [-0.3, -0.25) is 0 Å². The summed E-state index contributed by atoms with van der Waals surface area (Å²) in [4.78, 5) is 10.8. The van der Waals surface area contributed by atoms with Gasteiger partial charge in [0, 0.05) is 12.8 Å². The van der Waals surface area contributed by atoms with Gasteiger partial charge in [-0.1, -0.05) is 19.3 Å². The van der Waals surface area contributed by atoms with E-state index in [1.165, 1.54) is 19.3 Å². The standard InChI is InChI=1S/C17H22O4/c18-16(19)13-4-6-14(7-5-13)21-15-8-11-20-17(12-15)9-2-1-3-10-17/h4-7,15H,1-3,8-12H2,(H,18,19). The molecule has 1 spiro atoms. The molecule has 1 aliphatic heterocycles. The van der Waals surface area contributed by atoms with Crippen molar-refractivity contribution in [3.8, 4) is 5.75 Å². The smallest absolute Gasteiger partial charge is 0.335 e. The molecule has 1 atom stereocenters. The number of benzene rings is 1. The molecular weight excluding hydrogens is 268 g/mol. The number of rotatable bonds is 3. The van der Waals surface area contributed by atoms with Gasteiger partial charge in [0.15, 0.2) is 0 Å².